The van der Waals surface area contributed by atoms with Gasteiger partial charge in [0.2, 0.25) is 0 Å². The molecule has 10 N–H and O–H groups in total. The Kier molecular flexibility index (Phi) is 20.4. The first kappa shape index (κ1) is 32.5. The molecule has 0 aromatic carbocycles. The fourth-order valence-corrected chi connectivity index (χ4v) is 3.56. The molecule has 0 amide bonds. The molecule has 0 radical (unpaired) electrons. The van der Waals surface area contributed by atoms with Gasteiger partial charge in [-0.3, -0.25) is 31.0 Å². The van der Waals surface area contributed by atoms with Crippen LogP contribution < -0.4 is 33.2 Å². The van der Waals surface area contributed by atoms with Gasteiger partial charge in [-0.05, 0) is 43.9 Å². The largest absolute Gasteiger partial charge is 0.370 e. The van der Waals surface area contributed by atoms with Crippen molar-refractivity contribution >= 4 is 23.8 Å². The number of rotatable bonds is 18. The Balaban J connectivity index is 4.04. The summed E-state index contributed by atoms with van der Waals surface area (Å²) in [5.74, 6) is 2.23. The molecule has 0 saturated carbocycles. The molecule has 0 heterocycles. The Morgan fingerprint density at radius 3 is 1.74 bits per heavy atom. The predicted molar refractivity (Wildman–Crippen MR) is 152 cm³/mol. The van der Waals surface area contributed by atoms with E-state index in [2.05, 4.69) is 58.6 Å². The van der Waals surface area contributed by atoms with Crippen LogP contribution in [0.2, 0.25) is 0 Å². The van der Waals surface area contributed by atoms with Crippen molar-refractivity contribution in [2.45, 2.75) is 98.3 Å². The monoisotopic (exact) mass is 494 g/mol. The van der Waals surface area contributed by atoms with Crippen molar-refractivity contribution in [3.8, 4) is 0 Å². The first-order valence-corrected chi connectivity index (χ1v) is 13.6. The van der Waals surface area contributed by atoms with Gasteiger partial charge in [0.1, 0.15) is 0 Å². The third kappa shape index (κ3) is 19.5. The van der Waals surface area contributed by atoms with E-state index in [4.69, 9.17) is 22.6 Å². The highest BCUT2D eigenvalue weighted by Crippen LogP contribution is 2.12. The van der Waals surface area contributed by atoms with Crippen molar-refractivity contribution in [3.05, 3.63) is 0 Å². The zero-order valence-electron chi connectivity index (χ0n) is 22.8. The maximum atomic E-state index is 7.98. The van der Waals surface area contributed by atoms with Crippen molar-refractivity contribution in [2.75, 3.05) is 26.2 Å². The highest BCUT2D eigenvalue weighted by atomic mass is 15.2. The average Bonchev–Trinajstić information content (AvgIpc) is 2.83. The zero-order valence-corrected chi connectivity index (χ0v) is 22.8. The fourth-order valence-electron chi connectivity index (χ4n) is 3.56. The van der Waals surface area contributed by atoms with Crippen LogP contribution in [0.4, 0.5) is 0 Å². The molecule has 0 spiro atoms. The van der Waals surface area contributed by atoms with Gasteiger partial charge in [0.25, 0.3) is 0 Å². The lowest BCUT2D eigenvalue weighted by molar-refractivity contribution is 0.444. The summed E-state index contributed by atoms with van der Waals surface area (Å²) in [7, 11) is 0. The maximum Gasteiger partial charge on any atom is 0.195 e. The molecule has 204 valence electrons. The Morgan fingerprint density at radius 2 is 1.20 bits per heavy atom. The molecule has 0 aliphatic carbocycles. The minimum Gasteiger partial charge on any atom is -0.370 e. The van der Waals surface area contributed by atoms with Gasteiger partial charge >= 0.3 is 0 Å². The second kappa shape index (κ2) is 22.0. The van der Waals surface area contributed by atoms with Crippen molar-refractivity contribution < 1.29 is 0 Å². The SMILES string of the molecule is CCCCC(CC)CN=C(N)NC(N)=NCCCCCN=C(N)NC(=N)NCC(CC)CCCC. The Bertz CT molecular complexity index is 630. The second-order valence-corrected chi connectivity index (χ2v) is 9.16. The zero-order chi connectivity index (χ0) is 26.3. The molecule has 0 fully saturated rings. The molecular formula is C25H54N10. The Morgan fingerprint density at radius 1 is 0.686 bits per heavy atom. The van der Waals surface area contributed by atoms with Gasteiger partial charge in [0, 0.05) is 26.2 Å². The number of guanidine groups is 4. The van der Waals surface area contributed by atoms with E-state index >= 15 is 0 Å². The van der Waals surface area contributed by atoms with Crippen LogP contribution >= 0.6 is 0 Å². The van der Waals surface area contributed by atoms with Gasteiger partial charge in [-0.15, -0.1) is 0 Å². The quantitative estimate of drug-likeness (QED) is 0.0874. The summed E-state index contributed by atoms with van der Waals surface area (Å²) in [6.07, 6.45) is 12.1. The minimum atomic E-state index is 0.201. The lowest BCUT2D eigenvalue weighted by Gasteiger charge is -2.17. The topological polar surface area (TPSA) is 175 Å². The highest BCUT2D eigenvalue weighted by molar-refractivity contribution is 5.97. The van der Waals surface area contributed by atoms with Gasteiger partial charge < -0.3 is 22.5 Å². The number of unbranched alkanes of at least 4 members (excludes halogenated alkanes) is 4. The van der Waals surface area contributed by atoms with Gasteiger partial charge in [-0.1, -0.05) is 66.2 Å². The van der Waals surface area contributed by atoms with E-state index in [1.807, 2.05) is 0 Å². The van der Waals surface area contributed by atoms with Crippen LogP contribution in [0.25, 0.3) is 0 Å². The molecule has 0 aliphatic heterocycles. The van der Waals surface area contributed by atoms with Crippen molar-refractivity contribution in [1.29, 1.82) is 5.41 Å². The van der Waals surface area contributed by atoms with E-state index in [1.165, 1.54) is 38.5 Å². The third-order valence-corrected chi connectivity index (χ3v) is 6.06. The molecular weight excluding hydrogens is 440 g/mol. The number of hydrogen-bond donors (Lipinski definition) is 7. The van der Waals surface area contributed by atoms with E-state index in [-0.39, 0.29) is 11.9 Å². The minimum absolute atomic E-state index is 0.201. The lowest BCUT2D eigenvalue weighted by Crippen LogP contribution is -2.45. The van der Waals surface area contributed by atoms with Crippen LogP contribution in [0.3, 0.4) is 0 Å². The van der Waals surface area contributed by atoms with Crippen LogP contribution in [0.1, 0.15) is 98.3 Å². The molecule has 0 aliphatic rings. The molecule has 10 heteroatoms. The first-order chi connectivity index (χ1) is 16.9. The fraction of sp³-hybridized carbons (Fsp3) is 0.840. The van der Waals surface area contributed by atoms with E-state index in [1.54, 1.807) is 0 Å². The maximum absolute atomic E-state index is 7.98. The number of aliphatic imine (C=N–C) groups is 3. The molecule has 10 nitrogen and oxygen atoms in total. The lowest BCUT2D eigenvalue weighted by atomic mass is 9.99. The molecule has 0 saturated heterocycles. The van der Waals surface area contributed by atoms with Crippen LogP contribution in [-0.4, -0.2) is 50.0 Å². The van der Waals surface area contributed by atoms with Crippen LogP contribution in [0, 0.1) is 17.2 Å². The number of nitrogens with two attached hydrogens (primary N) is 3. The summed E-state index contributed by atoms with van der Waals surface area (Å²) in [5.41, 5.74) is 17.7. The van der Waals surface area contributed by atoms with Gasteiger partial charge in [0.15, 0.2) is 23.8 Å². The van der Waals surface area contributed by atoms with Crippen molar-refractivity contribution in [2.24, 2.45) is 44.0 Å². The second-order valence-electron chi connectivity index (χ2n) is 9.16. The van der Waals surface area contributed by atoms with Gasteiger partial charge in [-0.25, -0.2) is 0 Å². The number of nitrogens with one attached hydrogen (secondary N) is 4. The van der Waals surface area contributed by atoms with Crippen LogP contribution in [0.5, 0.6) is 0 Å². The molecule has 0 aromatic rings. The Labute approximate surface area is 214 Å². The summed E-state index contributed by atoms with van der Waals surface area (Å²) in [5, 5.41) is 16.8. The van der Waals surface area contributed by atoms with E-state index in [0.717, 1.165) is 45.2 Å². The summed E-state index contributed by atoms with van der Waals surface area (Å²) >= 11 is 0. The average molecular weight is 495 g/mol. The summed E-state index contributed by atoms with van der Waals surface area (Å²) in [6.45, 7) is 11.5. The van der Waals surface area contributed by atoms with Crippen LogP contribution in [-0.2, 0) is 0 Å². The third-order valence-electron chi connectivity index (χ3n) is 6.06. The summed E-state index contributed by atoms with van der Waals surface area (Å²) < 4.78 is 0. The molecule has 0 aromatic heterocycles. The van der Waals surface area contributed by atoms with Crippen LogP contribution in [0.15, 0.2) is 15.0 Å². The molecule has 2 atom stereocenters. The van der Waals surface area contributed by atoms with E-state index in [9.17, 15) is 0 Å². The molecule has 2 unspecified atom stereocenters. The molecule has 0 bridgehead atoms. The standard InChI is InChI=1S/C25H54N10/c1-5-9-14-20(7-3)18-32-24(28)34-22(26)30-16-12-11-13-17-31-23(27)35-25(29)33-19-21(8-4)15-10-6-2/h20-21H,5-19H2,1-4H3,(H5,26,28,30,32,34)(H5,27,29,31,33,35). The van der Waals surface area contributed by atoms with Crippen molar-refractivity contribution in [3.63, 3.8) is 0 Å². The normalized spacial score (nSPS) is 14.5. The molecule has 35 heavy (non-hydrogen) atoms. The molecule has 0 rings (SSSR count). The smallest absolute Gasteiger partial charge is 0.195 e. The van der Waals surface area contributed by atoms with Crippen molar-refractivity contribution in [1.82, 2.24) is 16.0 Å². The summed E-state index contributed by atoms with van der Waals surface area (Å²) in [4.78, 5) is 13.0. The van der Waals surface area contributed by atoms with Gasteiger partial charge in [0.05, 0.1) is 0 Å². The highest BCUT2D eigenvalue weighted by Gasteiger charge is 2.07. The number of nitrogens with zero attached hydrogens (tertiary/aromatic N) is 3. The first-order valence-electron chi connectivity index (χ1n) is 13.6. The Hall–Kier alpha value is -2.52. The van der Waals surface area contributed by atoms with E-state index < -0.39 is 0 Å². The predicted octanol–water partition coefficient (Wildman–Crippen LogP) is 3.24. The van der Waals surface area contributed by atoms with Gasteiger partial charge in [-0.2, -0.15) is 0 Å². The van der Waals surface area contributed by atoms with E-state index in [0.29, 0.717) is 36.8 Å². The summed E-state index contributed by atoms with van der Waals surface area (Å²) in [6, 6.07) is 0. The number of hydrogen-bond acceptors (Lipinski definition) is 4.